The minimum atomic E-state index is -0.101. The Balaban J connectivity index is 1.89. The predicted octanol–water partition coefficient (Wildman–Crippen LogP) is 3.41. The van der Waals surface area contributed by atoms with Gasteiger partial charge in [0.05, 0.1) is 0 Å². The largest absolute Gasteiger partial charge is 0.357 e. The Morgan fingerprint density at radius 3 is 2.50 bits per heavy atom. The minimum absolute atomic E-state index is 0.101. The van der Waals surface area contributed by atoms with Crippen molar-refractivity contribution in [1.29, 1.82) is 0 Å². The Hall–Kier alpha value is -3.25. The molecule has 2 aromatic carbocycles. The van der Waals surface area contributed by atoms with Crippen molar-refractivity contribution in [2.75, 3.05) is 0 Å². The molecule has 2 heterocycles. The van der Waals surface area contributed by atoms with Gasteiger partial charge >= 0.3 is 0 Å². The van der Waals surface area contributed by atoms with Gasteiger partial charge in [0.25, 0.3) is 5.56 Å². The number of rotatable bonds is 0. The maximum absolute atomic E-state index is 11.9. The molecule has 0 saturated carbocycles. The van der Waals surface area contributed by atoms with Gasteiger partial charge in [-0.2, -0.15) is 0 Å². The molecule has 0 saturated heterocycles. The number of hydrogen-bond acceptors (Lipinski definition) is 1. The van der Waals surface area contributed by atoms with Crippen molar-refractivity contribution in [3.63, 3.8) is 0 Å². The van der Waals surface area contributed by atoms with E-state index < -0.39 is 0 Å². The summed E-state index contributed by atoms with van der Waals surface area (Å²) in [5.41, 5.74) is 3.22. The molecule has 0 spiro atoms. The molecule has 0 amide bonds. The van der Waals surface area contributed by atoms with E-state index in [0.29, 0.717) is 5.52 Å². The molecule has 0 radical (unpaired) electrons. The molecule has 0 aliphatic carbocycles. The van der Waals surface area contributed by atoms with Crippen molar-refractivity contribution in [3.05, 3.63) is 82.3 Å². The van der Waals surface area contributed by atoms with E-state index in [4.69, 9.17) is 0 Å². The molecule has 3 heteroatoms. The van der Waals surface area contributed by atoms with E-state index in [9.17, 15) is 4.79 Å². The van der Waals surface area contributed by atoms with Crippen LogP contribution in [0.1, 0.15) is 11.1 Å². The van der Waals surface area contributed by atoms with Gasteiger partial charge in [0.15, 0.2) is 0 Å². The predicted molar refractivity (Wildman–Crippen MR) is 88.8 cm³/mol. The van der Waals surface area contributed by atoms with Crippen LogP contribution in [0.25, 0.3) is 21.8 Å². The van der Waals surface area contributed by atoms with Crippen LogP contribution in [0.5, 0.6) is 0 Å². The molecule has 0 aliphatic rings. The van der Waals surface area contributed by atoms with Crippen LogP contribution in [0.2, 0.25) is 0 Å². The normalized spacial score (nSPS) is 10.5. The molecule has 0 unspecified atom stereocenters. The summed E-state index contributed by atoms with van der Waals surface area (Å²) in [5, 5.41) is 1.91. The highest BCUT2D eigenvalue weighted by Gasteiger charge is 2.05. The highest BCUT2D eigenvalue weighted by atomic mass is 16.1. The summed E-state index contributed by atoms with van der Waals surface area (Å²) in [6.45, 7) is 0. The fourth-order valence-corrected chi connectivity index (χ4v) is 2.59. The number of hydrogen-bond donors (Lipinski definition) is 2. The van der Waals surface area contributed by atoms with Gasteiger partial charge in [-0.05, 0) is 36.4 Å². The first-order valence-electron chi connectivity index (χ1n) is 7.01. The topological polar surface area (TPSA) is 48.6 Å². The summed E-state index contributed by atoms with van der Waals surface area (Å²) in [5.74, 6) is 6.32. The number of pyridine rings is 1. The lowest BCUT2D eigenvalue weighted by Crippen LogP contribution is -2.05. The molecule has 4 aromatic rings. The van der Waals surface area contributed by atoms with E-state index >= 15 is 0 Å². The first-order valence-corrected chi connectivity index (χ1v) is 7.01. The second kappa shape index (κ2) is 4.94. The van der Waals surface area contributed by atoms with Gasteiger partial charge in [-0.25, -0.2) is 0 Å². The Morgan fingerprint density at radius 1 is 0.818 bits per heavy atom. The van der Waals surface area contributed by atoms with Crippen molar-refractivity contribution in [2.24, 2.45) is 0 Å². The molecule has 0 bridgehead atoms. The summed E-state index contributed by atoms with van der Waals surface area (Å²) in [6, 6.07) is 17.6. The Labute approximate surface area is 126 Å². The average Bonchev–Trinajstić information content (AvgIpc) is 3.05. The number of nitrogens with one attached hydrogen (secondary N) is 2. The van der Waals surface area contributed by atoms with Gasteiger partial charge in [-0.3, -0.25) is 4.79 Å². The van der Waals surface area contributed by atoms with Crippen molar-refractivity contribution < 1.29 is 0 Å². The summed E-state index contributed by atoms with van der Waals surface area (Å²) in [4.78, 5) is 17.8. The summed E-state index contributed by atoms with van der Waals surface area (Å²) in [7, 11) is 0. The SMILES string of the molecule is O=c1[nH]c2ccc(C#Cc3ccccc3)cc2c2cc[nH]c12. The maximum Gasteiger partial charge on any atom is 0.272 e. The van der Waals surface area contributed by atoms with Gasteiger partial charge < -0.3 is 9.97 Å². The summed E-state index contributed by atoms with van der Waals surface area (Å²) in [6.07, 6.45) is 1.78. The van der Waals surface area contributed by atoms with Gasteiger partial charge in [-0.1, -0.05) is 30.0 Å². The Bertz CT molecular complexity index is 1090. The third-order valence-corrected chi connectivity index (χ3v) is 3.66. The molecule has 0 aliphatic heterocycles. The van der Waals surface area contributed by atoms with Crippen LogP contribution < -0.4 is 5.56 Å². The third-order valence-electron chi connectivity index (χ3n) is 3.66. The van der Waals surface area contributed by atoms with Crippen LogP contribution in [0.4, 0.5) is 0 Å². The lowest BCUT2D eigenvalue weighted by Gasteiger charge is -2.00. The molecule has 4 rings (SSSR count). The van der Waals surface area contributed by atoms with Crippen LogP contribution in [-0.4, -0.2) is 9.97 Å². The van der Waals surface area contributed by atoms with E-state index in [2.05, 4.69) is 21.8 Å². The number of fused-ring (bicyclic) bond motifs is 3. The van der Waals surface area contributed by atoms with Gasteiger partial charge in [0, 0.05) is 33.6 Å². The Kier molecular flexibility index (Phi) is 2.80. The fraction of sp³-hybridized carbons (Fsp3) is 0. The highest BCUT2D eigenvalue weighted by molar-refractivity contribution is 6.04. The monoisotopic (exact) mass is 284 g/mol. The van der Waals surface area contributed by atoms with E-state index in [1.54, 1.807) is 6.20 Å². The quantitative estimate of drug-likeness (QED) is 0.478. The molecule has 0 atom stereocenters. The number of aromatic amines is 2. The number of benzene rings is 2. The van der Waals surface area contributed by atoms with Crippen LogP contribution in [-0.2, 0) is 0 Å². The molecular weight excluding hydrogens is 272 g/mol. The van der Waals surface area contributed by atoms with Crippen LogP contribution in [0.15, 0.2) is 65.6 Å². The van der Waals surface area contributed by atoms with Crippen molar-refractivity contribution in [1.82, 2.24) is 9.97 Å². The minimum Gasteiger partial charge on any atom is -0.357 e. The molecule has 2 N–H and O–H groups in total. The van der Waals surface area contributed by atoms with Crippen molar-refractivity contribution in [3.8, 4) is 11.8 Å². The zero-order valence-electron chi connectivity index (χ0n) is 11.7. The lowest BCUT2D eigenvalue weighted by molar-refractivity contribution is 1.31. The van der Waals surface area contributed by atoms with Gasteiger partial charge in [-0.15, -0.1) is 0 Å². The Morgan fingerprint density at radius 2 is 1.64 bits per heavy atom. The molecular formula is C19H12N2O. The number of aromatic nitrogens is 2. The highest BCUT2D eigenvalue weighted by Crippen LogP contribution is 2.21. The van der Waals surface area contributed by atoms with E-state index in [0.717, 1.165) is 27.4 Å². The summed E-state index contributed by atoms with van der Waals surface area (Å²) < 4.78 is 0. The first-order chi connectivity index (χ1) is 10.8. The second-order valence-corrected chi connectivity index (χ2v) is 5.10. The lowest BCUT2D eigenvalue weighted by atomic mass is 10.1. The number of H-pyrrole nitrogens is 2. The fourth-order valence-electron chi connectivity index (χ4n) is 2.59. The molecule has 22 heavy (non-hydrogen) atoms. The van der Waals surface area contributed by atoms with Crippen molar-refractivity contribution >= 4 is 21.8 Å². The maximum atomic E-state index is 11.9. The average molecular weight is 284 g/mol. The molecule has 104 valence electrons. The smallest absolute Gasteiger partial charge is 0.272 e. The molecule has 3 nitrogen and oxygen atoms in total. The van der Waals surface area contributed by atoms with E-state index in [-0.39, 0.29) is 5.56 Å². The van der Waals surface area contributed by atoms with Gasteiger partial charge in [0.1, 0.15) is 5.52 Å². The van der Waals surface area contributed by atoms with Crippen LogP contribution >= 0.6 is 0 Å². The van der Waals surface area contributed by atoms with Gasteiger partial charge in [0.2, 0.25) is 0 Å². The standard InChI is InChI=1S/C19H12N2O/c22-19-18-15(10-11-20-18)16-12-14(8-9-17(16)21-19)7-6-13-4-2-1-3-5-13/h1-5,8-12,20H,(H,21,22). The van der Waals surface area contributed by atoms with E-state index in [1.807, 2.05) is 54.6 Å². The second-order valence-electron chi connectivity index (χ2n) is 5.10. The zero-order chi connectivity index (χ0) is 14.9. The third kappa shape index (κ3) is 2.07. The first kappa shape index (κ1) is 12.5. The van der Waals surface area contributed by atoms with Crippen LogP contribution in [0, 0.1) is 11.8 Å². The zero-order valence-corrected chi connectivity index (χ0v) is 11.7. The molecule has 0 fully saturated rings. The molecule has 2 aromatic heterocycles. The summed E-state index contributed by atoms with van der Waals surface area (Å²) >= 11 is 0. The van der Waals surface area contributed by atoms with Crippen molar-refractivity contribution in [2.45, 2.75) is 0 Å². The van der Waals surface area contributed by atoms with Crippen LogP contribution in [0.3, 0.4) is 0 Å². The van der Waals surface area contributed by atoms with E-state index in [1.165, 1.54) is 0 Å².